The SMILES string of the molecule is CCC(O)[C@@H]1C[C@@H](C(C)N(C)C)[C@H](n2c(=O)sc3c(=O)[nH]c(NC(c4ccccc4)(c4ccccc4)c4ccc(OC)cc4)nc32)O1. The molecule has 0 amide bonds. The number of methoxy groups -OCH3 is 1. The van der Waals surface area contributed by atoms with Crippen LogP contribution in [0, 0.1) is 5.92 Å². The second kappa shape index (κ2) is 13.4. The van der Waals surface area contributed by atoms with E-state index in [-0.39, 0.29) is 33.1 Å². The Bertz CT molecular complexity index is 1880. The average molecular weight is 656 g/mol. The molecule has 3 heterocycles. The van der Waals surface area contributed by atoms with Gasteiger partial charge >= 0.3 is 4.87 Å². The normalized spacial score (nSPS) is 19.6. The van der Waals surface area contributed by atoms with Crippen LogP contribution in [0.2, 0.25) is 0 Å². The lowest BCUT2D eigenvalue weighted by Crippen LogP contribution is -2.39. The molecule has 0 radical (unpaired) electrons. The van der Waals surface area contributed by atoms with Crippen molar-refractivity contribution in [2.24, 2.45) is 5.92 Å². The van der Waals surface area contributed by atoms with Gasteiger partial charge in [-0.2, -0.15) is 4.98 Å². The van der Waals surface area contributed by atoms with E-state index in [0.29, 0.717) is 18.6 Å². The molecule has 246 valence electrons. The molecule has 1 aliphatic rings. The van der Waals surface area contributed by atoms with E-state index in [0.717, 1.165) is 28.0 Å². The number of aromatic nitrogens is 3. The van der Waals surface area contributed by atoms with E-state index in [9.17, 15) is 14.7 Å². The summed E-state index contributed by atoms with van der Waals surface area (Å²) < 4.78 is 13.6. The van der Waals surface area contributed by atoms with Gasteiger partial charge in [0.1, 0.15) is 22.2 Å². The molecule has 1 fully saturated rings. The molecule has 2 aromatic heterocycles. The zero-order valence-corrected chi connectivity index (χ0v) is 28.0. The van der Waals surface area contributed by atoms with Gasteiger partial charge in [-0.3, -0.25) is 19.1 Å². The third-order valence-electron chi connectivity index (χ3n) is 9.44. The standard InChI is InChI=1S/C36H41N5O5S/c1-6-28(42)29-21-27(22(2)40(3)4)33(46-29)41-31-30(47-35(41)44)32(43)38-34(37-31)39-36(23-13-9-7-10-14-23,24-15-11-8-12-16-24)25-17-19-26(45-5)20-18-25/h7-20,22,27-29,33,42H,6,21H2,1-5H3,(H2,37,38,39,43)/t22?,27-,28?,29-,33+/m0/s1. The van der Waals surface area contributed by atoms with Crippen LogP contribution < -0.4 is 20.5 Å². The number of thiazole rings is 1. The minimum atomic E-state index is -0.998. The van der Waals surface area contributed by atoms with E-state index in [4.69, 9.17) is 14.5 Å². The van der Waals surface area contributed by atoms with Gasteiger partial charge in [0.15, 0.2) is 5.65 Å². The number of nitrogens with zero attached hydrogens (tertiary/aromatic N) is 3. The van der Waals surface area contributed by atoms with Crippen LogP contribution in [0.5, 0.6) is 5.75 Å². The van der Waals surface area contributed by atoms with Crippen molar-refractivity contribution in [3.05, 3.63) is 122 Å². The minimum Gasteiger partial charge on any atom is -0.497 e. The van der Waals surface area contributed by atoms with Gasteiger partial charge in [-0.15, -0.1) is 0 Å². The summed E-state index contributed by atoms with van der Waals surface area (Å²) >= 11 is 0.853. The van der Waals surface area contributed by atoms with Crippen molar-refractivity contribution in [1.29, 1.82) is 0 Å². The van der Waals surface area contributed by atoms with Crippen LogP contribution >= 0.6 is 11.3 Å². The molecular formula is C36H41N5O5S. The van der Waals surface area contributed by atoms with Gasteiger partial charge < -0.3 is 24.8 Å². The zero-order chi connectivity index (χ0) is 33.3. The maximum atomic E-state index is 13.7. The summed E-state index contributed by atoms with van der Waals surface area (Å²) in [7, 11) is 5.59. The van der Waals surface area contributed by atoms with Crippen molar-refractivity contribution in [3.8, 4) is 5.75 Å². The number of H-pyrrole nitrogens is 1. The first-order valence-electron chi connectivity index (χ1n) is 15.9. The van der Waals surface area contributed by atoms with Gasteiger partial charge in [0.25, 0.3) is 5.56 Å². The quantitative estimate of drug-likeness (QED) is 0.167. The van der Waals surface area contributed by atoms with Gasteiger partial charge in [0, 0.05) is 12.0 Å². The molecule has 6 rings (SSSR count). The smallest absolute Gasteiger partial charge is 0.311 e. The summed E-state index contributed by atoms with van der Waals surface area (Å²) in [6, 6.07) is 27.7. The second-order valence-electron chi connectivity index (χ2n) is 12.3. The lowest BCUT2D eigenvalue weighted by atomic mass is 9.77. The first-order chi connectivity index (χ1) is 22.7. The van der Waals surface area contributed by atoms with Gasteiger partial charge in [-0.1, -0.05) is 91.1 Å². The molecule has 3 N–H and O–H groups in total. The molecule has 47 heavy (non-hydrogen) atoms. The van der Waals surface area contributed by atoms with E-state index in [2.05, 4.69) is 22.1 Å². The summed E-state index contributed by atoms with van der Waals surface area (Å²) in [5, 5.41) is 14.4. The number of ether oxygens (including phenoxy) is 2. The van der Waals surface area contributed by atoms with Gasteiger partial charge in [0.2, 0.25) is 5.95 Å². The number of aromatic amines is 1. The van der Waals surface area contributed by atoms with Crippen molar-refractivity contribution >= 4 is 27.6 Å². The van der Waals surface area contributed by atoms with Crippen molar-refractivity contribution in [1.82, 2.24) is 19.4 Å². The van der Waals surface area contributed by atoms with E-state index in [1.165, 1.54) is 4.57 Å². The molecule has 0 aliphatic carbocycles. The predicted octanol–water partition coefficient (Wildman–Crippen LogP) is 5.18. The molecule has 5 aromatic rings. The van der Waals surface area contributed by atoms with Gasteiger partial charge in [-0.25, -0.2) is 0 Å². The van der Waals surface area contributed by atoms with Crippen LogP contribution in [0.4, 0.5) is 5.95 Å². The number of fused-ring (bicyclic) bond motifs is 1. The molecular weight excluding hydrogens is 614 g/mol. The van der Waals surface area contributed by atoms with Crippen molar-refractivity contribution < 1.29 is 14.6 Å². The summed E-state index contributed by atoms with van der Waals surface area (Å²) in [5.41, 5.74) is 1.53. The van der Waals surface area contributed by atoms with E-state index in [1.54, 1.807) is 7.11 Å². The van der Waals surface area contributed by atoms with Crippen LogP contribution in [0.15, 0.2) is 94.5 Å². The Hall–Kier alpha value is -4.29. The van der Waals surface area contributed by atoms with E-state index < -0.39 is 29.5 Å². The number of hydrogen-bond acceptors (Lipinski definition) is 9. The van der Waals surface area contributed by atoms with Crippen molar-refractivity contribution in [2.75, 3.05) is 26.5 Å². The Morgan fingerprint density at radius 1 is 1.04 bits per heavy atom. The molecule has 1 aliphatic heterocycles. The lowest BCUT2D eigenvalue weighted by molar-refractivity contribution is -0.0693. The molecule has 5 atom stereocenters. The highest BCUT2D eigenvalue weighted by molar-refractivity contribution is 7.16. The fraction of sp³-hybridized carbons (Fsp3) is 0.361. The highest BCUT2D eigenvalue weighted by Crippen LogP contribution is 2.42. The molecule has 2 unspecified atom stereocenters. The maximum absolute atomic E-state index is 13.7. The fourth-order valence-corrected chi connectivity index (χ4v) is 7.47. The molecule has 10 nitrogen and oxygen atoms in total. The number of aliphatic hydroxyl groups is 1. The number of rotatable bonds is 11. The Morgan fingerprint density at radius 3 is 2.19 bits per heavy atom. The Balaban J connectivity index is 1.55. The van der Waals surface area contributed by atoms with Crippen molar-refractivity contribution in [3.63, 3.8) is 0 Å². The zero-order valence-electron chi connectivity index (χ0n) is 27.2. The molecule has 0 spiro atoms. The minimum absolute atomic E-state index is 0.0226. The summed E-state index contributed by atoms with van der Waals surface area (Å²) in [4.78, 5) is 37.0. The molecule has 1 saturated heterocycles. The highest BCUT2D eigenvalue weighted by Gasteiger charge is 2.44. The number of hydrogen-bond donors (Lipinski definition) is 3. The number of nitrogens with one attached hydrogen (secondary N) is 2. The Labute approximate surface area is 277 Å². The molecule has 3 aromatic carbocycles. The van der Waals surface area contributed by atoms with Crippen LogP contribution in [-0.4, -0.2) is 64.0 Å². The van der Waals surface area contributed by atoms with Gasteiger partial charge in [-0.05, 0) is 62.7 Å². The topological polar surface area (TPSA) is 122 Å². The fourth-order valence-electron chi connectivity index (χ4n) is 6.63. The van der Waals surface area contributed by atoms with Crippen LogP contribution in [-0.2, 0) is 10.3 Å². The van der Waals surface area contributed by atoms with E-state index in [1.807, 2.05) is 106 Å². The second-order valence-corrected chi connectivity index (χ2v) is 13.2. The number of benzene rings is 3. The number of anilines is 1. The first-order valence-corrected chi connectivity index (χ1v) is 16.7. The predicted molar refractivity (Wildman–Crippen MR) is 185 cm³/mol. The highest BCUT2D eigenvalue weighted by atomic mass is 32.1. The van der Waals surface area contributed by atoms with Crippen molar-refractivity contribution in [2.45, 2.75) is 56.7 Å². The maximum Gasteiger partial charge on any atom is 0.311 e. The summed E-state index contributed by atoms with van der Waals surface area (Å²) in [5.74, 6) is 0.776. The lowest BCUT2D eigenvalue weighted by Gasteiger charge is -2.37. The van der Waals surface area contributed by atoms with E-state index >= 15 is 0 Å². The Morgan fingerprint density at radius 2 is 1.64 bits per heavy atom. The summed E-state index contributed by atoms with van der Waals surface area (Å²) in [6.07, 6.45) is -0.736. The average Bonchev–Trinajstić information content (AvgIpc) is 3.68. The largest absolute Gasteiger partial charge is 0.497 e. The number of aliphatic hydroxyl groups excluding tert-OH is 1. The molecule has 11 heteroatoms. The van der Waals surface area contributed by atoms with Gasteiger partial charge in [0.05, 0.1) is 19.3 Å². The summed E-state index contributed by atoms with van der Waals surface area (Å²) in [6.45, 7) is 3.99. The van der Waals surface area contributed by atoms with Crippen LogP contribution in [0.1, 0.15) is 49.6 Å². The Kier molecular flexibility index (Phi) is 9.34. The molecule has 0 saturated carbocycles. The monoisotopic (exact) mass is 655 g/mol. The molecule has 0 bridgehead atoms. The third-order valence-corrected chi connectivity index (χ3v) is 10.4. The third kappa shape index (κ3) is 6.00. The first kappa shape index (κ1) is 32.6. The van der Waals surface area contributed by atoms with Crippen LogP contribution in [0.25, 0.3) is 10.3 Å². The van der Waals surface area contributed by atoms with Crippen LogP contribution in [0.3, 0.4) is 0 Å².